The van der Waals surface area contributed by atoms with Crippen LogP contribution in [0.4, 0.5) is 13.2 Å². The molecule has 0 aromatic heterocycles. The monoisotopic (exact) mass is 388 g/mol. The van der Waals surface area contributed by atoms with Crippen molar-refractivity contribution in [1.29, 1.82) is 0 Å². The van der Waals surface area contributed by atoms with Crippen LogP contribution in [0.2, 0.25) is 0 Å². The highest BCUT2D eigenvalue weighted by Gasteiger charge is 2.52. The highest BCUT2D eigenvalue weighted by molar-refractivity contribution is 5.78. The summed E-state index contributed by atoms with van der Waals surface area (Å²) in [6, 6.07) is 7.39. The van der Waals surface area contributed by atoms with Crippen molar-refractivity contribution in [3.63, 3.8) is 0 Å². The summed E-state index contributed by atoms with van der Waals surface area (Å²) in [5.41, 5.74) is 1.78. The lowest BCUT2D eigenvalue weighted by atomic mass is 9.96. The van der Waals surface area contributed by atoms with E-state index in [4.69, 9.17) is 9.84 Å². The molecule has 1 aromatic carbocycles. The molecule has 150 valence electrons. The van der Waals surface area contributed by atoms with Crippen molar-refractivity contribution < 1.29 is 32.6 Å². The number of likely N-dealkylation sites (tertiary alicyclic amines) is 1. The van der Waals surface area contributed by atoms with Gasteiger partial charge < -0.3 is 15.2 Å². The lowest BCUT2D eigenvalue weighted by molar-refractivity contribution is -0.188. The molecule has 6 nitrogen and oxygen atoms in total. The average Bonchev–Trinajstić information content (AvgIpc) is 3.03. The fourth-order valence-electron chi connectivity index (χ4n) is 3.13. The first-order chi connectivity index (χ1) is 12.7. The number of nitrogens with zero attached hydrogens (tertiary/aromatic N) is 1. The molecular formula is C18H23F3N2O4. The number of rotatable bonds is 8. The van der Waals surface area contributed by atoms with Gasteiger partial charge in [-0.3, -0.25) is 14.5 Å². The van der Waals surface area contributed by atoms with Crippen molar-refractivity contribution in [3.8, 4) is 0 Å². The number of ether oxygens (including phenoxy) is 1. The predicted octanol–water partition coefficient (Wildman–Crippen LogP) is 2.03. The molecule has 1 heterocycles. The van der Waals surface area contributed by atoms with Gasteiger partial charge in [0, 0.05) is 26.2 Å². The van der Waals surface area contributed by atoms with Crippen LogP contribution in [-0.2, 0) is 27.5 Å². The van der Waals surface area contributed by atoms with Gasteiger partial charge in [0.05, 0.1) is 25.0 Å². The third-order valence-corrected chi connectivity index (χ3v) is 4.56. The third-order valence-electron chi connectivity index (χ3n) is 4.56. The first-order valence-corrected chi connectivity index (χ1v) is 8.65. The molecule has 0 spiro atoms. The quantitative estimate of drug-likeness (QED) is 0.713. The van der Waals surface area contributed by atoms with Gasteiger partial charge in [0.2, 0.25) is 5.91 Å². The molecule has 1 fully saturated rings. The molecule has 1 aliphatic heterocycles. The Morgan fingerprint density at radius 1 is 1.26 bits per heavy atom. The molecular weight excluding hydrogens is 365 g/mol. The van der Waals surface area contributed by atoms with Gasteiger partial charge in [-0.25, -0.2) is 0 Å². The molecule has 2 N–H and O–H groups in total. The van der Waals surface area contributed by atoms with Crippen LogP contribution >= 0.6 is 0 Å². The van der Waals surface area contributed by atoms with Crippen LogP contribution in [0.1, 0.15) is 18.1 Å². The average molecular weight is 388 g/mol. The molecule has 1 aliphatic rings. The number of halogens is 3. The number of carbonyl (C=O) groups is 2. The Balaban J connectivity index is 1.90. The second kappa shape index (κ2) is 9.18. The van der Waals surface area contributed by atoms with Gasteiger partial charge >= 0.3 is 12.1 Å². The number of aliphatic carboxylic acids is 1. The van der Waals surface area contributed by atoms with E-state index in [9.17, 15) is 22.8 Å². The van der Waals surface area contributed by atoms with E-state index in [0.29, 0.717) is 13.2 Å². The summed E-state index contributed by atoms with van der Waals surface area (Å²) in [7, 11) is 0. The van der Waals surface area contributed by atoms with E-state index < -0.39 is 36.4 Å². The van der Waals surface area contributed by atoms with Crippen LogP contribution in [0.25, 0.3) is 0 Å². The predicted molar refractivity (Wildman–Crippen MR) is 90.7 cm³/mol. The first-order valence-electron chi connectivity index (χ1n) is 8.65. The second-order valence-corrected chi connectivity index (χ2v) is 6.47. The van der Waals surface area contributed by atoms with Crippen molar-refractivity contribution in [1.82, 2.24) is 10.2 Å². The maximum Gasteiger partial charge on any atom is 0.393 e. The fourth-order valence-corrected chi connectivity index (χ4v) is 3.13. The highest BCUT2D eigenvalue weighted by atomic mass is 19.4. The molecule has 0 unspecified atom stereocenters. The summed E-state index contributed by atoms with van der Waals surface area (Å²) < 4.78 is 44.4. The molecule has 0 saturated carbocycles. The molecule has 1 amide bonds. The first kappa shape index (κ1) is 21.2. The number of hydrogen-bond donors (Lipinski definition) is 2. The van der Waals surface area contributed by atoms with E-state index in [1.54, 1.807) is 0 Å². The number of carbonyl (C=O) groups excluding carboxylic acids is 1. The SMILES string of the molecule is CCOCc1ccccc1CNC(=O)CN1C[C@@H](C(F)(F)F)[C@H](C(=O)O)C1. The van der Waals surface area contributed by atoms with E-state index >= 15 is 0 Å². The number of alkyl halides is 3. The van der Waals surface area contributed by atoms with Crippen molar-refractivity contribution in [2.24, 2.45) is 11.8 Å². The number of nitrogens with one attached hydrogen (secondary N) is 1. The molecule has 1 saturated heterocycles. The number of benzene rings is 1. The van der Waals surface area contributed by atoms with Gasteiger partial charge in [0.15, 0.2) is 0 Å². The molecule has 0 bridgehead atoms. The maximum absolute atomic E-state index is 13.0. The van der Waals surface area contributed by atoms with Gasteiger partial charge in [0.25, 0.3) is 0 Å². The zero-order valence-electron chi connectivity index (χ0n) is 15.0. The molecule has 27 heavy (non-hydrogen) atoms. The van der Waals surface area contributed by atoms with Crippen molar-refractivity contribution in [2.45, 2.75) is 26.3 Å². The Hall–Kier alpha value is -2.13. The van der Waals surface area contributed by atoms with E-state index in [1.165, 1.54) is 4.90 Å². The lowest BCUT2D eigenvalue weighted by Gasteiger charge is -2.18. The molecule has 9 heteroatoms. The van der Waals surface area contributed by atoms with Gasteiger partial charge in [0.1, 0.15) is 0 Å². The minimum absolute atomic E-state index is 0.223. The van der Waals surface area contributed by atoms with E-state index in [1.807, 2.05) is 31.2 Å². The van der Waals surface area contributed by atoms with Crippen LogP contribution in [0, 0.1) is 11.8 Å². The van der Waals surface area contributed by atoms with Crippen LogP contribution in [-0.4, -0.2) is 54.3 Å². The second-order valence-electron chi connectivity index (χ2n) is 6.47. The van der Waals surface area contributed by atoms with E-state index in [0.717, 1.165) is 11.1 Å². The van der Waals surface area contributed by atoms with Gasteiger partial charge in [-0.1, -0.05) is 24.3 Å². The summed E-state index contributed by atoms with van der Waals surface area (Å²) in [4.78, 5) is 24.4. The van der Waals surface area contributed by atoms with Gasteiger partial charge in [-0.2, -0.15) is 13.2 Å². The standard InChI is InChI=1S/C18H23F3N2O4/c1-2-27-11-13-6-4-3-5-12(13)7-22-16(24)10-23-8-14(17(25)26)15(9-23)18(19,20)21/h3-6,14-15H,2,7-11H2,1H3,(H,22,24)(H,25,26)/t14-,15-/m1/s1. The van der Waals surface area contributed by atoms with Crippen LogP contribution in [0.5, 0.6) is 0 Å². The van der Waals surface area contributed by atoms with Crippen LogP contribution in [0.15, 0.2) is 24.3 Å². The summed E-state index contributed by atoms with van der Waals surface area (Å²) in [5, 5.41) is 11.7. The Labute approximate surface area is 155 Å². The van der Waals surface area contributed by atoms with E-state index in [2.05, 4.69) is 5.32 Å². The molecule has 0 radical (unpaired) electrons. The molecule has 1 aromatic rings. The number of carboxylic acids is 1. The summed E-state index contributed by atoms with van der Waals surface area (Å²) >= 11 is 0. The van der Waals surface area contributed by atoms with Crippen LogP contribution < -0.4 is 5.32 Å². The topological polar surface area (TPSA) is 78.9 Å². The van der Waals surface area contributed by atoms with Gasteiger partial charge in [-0.05, 0) is 18.1 Å². The Kier molecular flexibility index (Phi) is 7.20. The minimum Gasteiger partial charge on any atom is -0.481 e. The molecule has 2 rings (SSSR count). The summed E-state index contributed by atoms with van der Waals surface area (Å²) in [5.74, 6) is -5.46. The number of carboxylic acid groups (broad SMARTS) is 1. The summed E-state index contributed by atoms with van der Waals surface area (Å²) in [6.07, 6.45) is -4.60. The van der Waals surface area contributed by atoms with Crippen molar-refractivity contribution >= 4 is 11.9 Å². The Morgan fingerprint density at radius 3 is 2.48 bits per heavy atom. The van der Waals surface area contributed by atoms with E-state index in [-0.39, 0.29) is 19.6 Å². The Morgan fingerprint density at radius 2 is 1.93 bits per heavy atom. The largest absolute Gasteiger partial charge is 0.481 e. The Bertz CT molecular complexity index is 666. The van der Waals surface area contributed by atoms with Crippen LogP contribution in [0.3, 0.4) is 0 Å². The lowest BCUT2D eigenvalue weighted by Crippen LogP contribution is -2.37. The smallest absolute Gasteiger partial charge is 0.393 e. The molecule has 2 atom stereocenters. The van der Waals surface area contributed by atoms with Crippen molar-refractivity contribution in [2.75, 3.05) is 26.2 Å². The molecule has 0 aliphatic carbocycles. The zero-order valence-corrected chi connectivity index (χ0v) is 15.0. The zero-order chi connectivity index (χ0) is 20.0. The van der Waals surface area contributed by atoms with Crippen molar-refractivity contribution in [3.05, 3.63) is 35.4 Å². The normalized spacial score (nSPS) is 20.6. The fraction of sp³-hybridized carbons (Fsp3) is 0.556. The highest BCUT2D eigenvalue weighted by Crippen LogP contribution is 2.37. The minimum atomic E-state index is -4.60. The number of amides is 1. The third kappa shape index (κ3) is 5.93. The van der Waals surface area contributed by atoms with Gasteiger partial charge in [-0.15, -0.1) is 0 Å². The summed E-state index contributed by atoms with van der Waals surface area (Å²) in [6.45, 7) is 2.00. The maximum atomic E-state index is 13.0. The number of hydrogen-bond acceptors (Lipinski definition) is 4.